The zero-order chi connectivity index (χ0) is 17.5. The normalized spacial score (nSPS) is 26.3. The molecule has 26 heavy (non-hydrogen) atoms. The topological polar surface area (TPSA) is 59.9 Å². The molecule has 0 spiro atoms. The minimum atomic E-state index is -0.629. The minimum absolute atomic E-state index is 0. The van der Waals surface area contributed by atoms with Crippen molar-refractivity contribution in [3.63, 3.8) is 0 Å². The van der Waals surface area contributed by atoms with Gasteiger partial charge in [-0.3, -0.25) is 4.99 Å². The van der Waals surface area contributed by atoms with Crippen LogP contribution in [0.15, 0.2) is 35.3 Å². The SMILES string of the molecule is CCNC(=NCC1(O)CCSC1)NC1CCCN(c2ccccc2)C1.I. The van der Waals surface area contributed by atoms with Crippen molar-refractivity contribution in [3.05, 3.63) is 30.3 Å². The number of thioether (sulfide) groups is 1. The molecule has 3 rings (SSSR count). The van der Waals surface area contributed by atoms with Gasteiger partial charge in [0.2, 0.25) is 0 Å². The van der Waals surface area contributed by atoms with E-state index in [0.717, 1.165) is 49.9 Å². The minimum Gasteiger partial charge on any atom is -0.387 e. The van der Waals surface area contributed by atoms with Gasteiger partial charge in [-0.25, -0.2) is 0 Å². The van der Waals surface area contributed by atoms with E-state index in [0.29, 0.717) is 12.6 Å². The number of aliphatic imine (C=N–C) groups is 1. The Morgan fingerprint density at radius 2 is 2.19 bits per heavy atom. The fraction of sp³-hybridized carbons (Fsp3) is 0.632. The highest BCUT2D eigenvalue weighted by atomic mass is 127. The van der Waals surface area contributed by atoms with E-state index in [1.54, 1.807) is 0 Å². The summed E-state index contributed by atoms with van der Waals surface area (Å²) in [7, 11) is 0. The summed E-state index contributed by atoms with van der Waals surface area (Å²) in [5, 5.41) is 17.4. The van der Waals surface area contributed by atoms with Gasteiger partial charge >= 0.3 is 0 Å². The standard InChI is InChI=1S/C19H30N4OS.HI/c1-2-20-18(21-14-19(24)10-12-25-15-19)22-16-7-6-11-23(13-16)17-8-4-3-5-9-17;/h3-5,8-9,16,24H,2,6-7,10-15H2,1H3,(H2,20,21,22);1H. The first kappa shape index (κ1) is 21.6. The van der Waals surface area contributed by atoms with Crippen molar-refractivity contribution in [2.75, 3.05) is 42.6 Å². The van der Waals surface area contributed by atoms with E-state index in [1.165, 1.54) is 12.1 Å². The van der Waals surface area contributed by atoms with E-state index in [1.807, 2.05) is 11.8 Å². The van der Waals surface area contributed by atoms with Gasteiger partial charge in [-0.2, -0.15) is 11.8 Å². The lowest BCUT2D eigenvalue weighted by atomic mass is 10.0. The van der Waals surface area contributed by atoms with Crippen molar-refractivity contribution >= 4 is 47.4 Å². The van der Waals surface area contributed by atoms with Gasteiger partial charge in [-0.15, -0.1) is 24.0 Å². The number of nitrogens with one attached hydrogen (secondary N) is 2. The zero-order valence-electron chi connectivity index (χ0n) is 15.5. The molecule has 7 heteroatoms. The van der Waals surface area contributed by atoms with Crippen LogP contribution in [0.25, 0.3) is 0 Å². The molecule has 2 saturated heterocycles. The molecule has 1 aromatic rings. The first-order valence-corrected chi connectivity index (χ1v) is 10.5. The number of hydrogen-bond donors (Lipinski definition) is 3. The van der Waals surface area contributed by atoms with Gasteiger partial charge in [0.15, 0.2) is 5.96 Å². The Kier molecular flexibility index (Phi) is 8.83. The molecule has 2 aliphatic rings. The monoisotopic (exact) mass is 490 g/mol. The predicted octanol–water partition coefficient (Wildman–Crippen LogP) is 2.70. The Morgan fingerprint density at radius 3 is 2.88 bits per heavy atom. The second kappa shape index (κ2) is 10.6. The Hall–Kier alpha value is -0.670. The van der Waals surface area contributed by atoms with Gasteiger partial charge in [-0.05, 0) is 44.1 Å². The van der Waals surface area contributed by atoms with Crippen molar-refractivity contribution < 1.29 is 5.11 Å². The molecule has 2 heterocycles. The summed E-state index contributed by atoms with van der Waals surface area (Å²) in [4.78, 5) is 7.11. The number of halogens is 1. The van der Waals surface area contributed by atoms with Gasteiger partial charge < -0.3 is 20.6 Å². The highest BCUT2D eigenvalue weighted by Crippen LogP contribution is 2.27. The van der Waals surface area contributed by atoms with E-state index < -0.39 is 5.60 Å². The summed E-state index contributed by atoms with van der Waals surface area (Å²) in [6, 6.07) is 11.0. The van der Waals surface area contributed by atoms with Crippen LogP contribution in [0.4, 0.5) is 5.69 Å². The van der Waals surface area contributed by atoms with Crippen LogP contribution in [0.5, 0.6) is 0 Å². The molecule has 2 atom stereocenters. The molecule has 146 valence electrons. The summed E-state index contributed by atoms with van der Waals surface area (Å²) in [5.74, 6) is 2.65. The Bertz CT molecular complexity index is 566. The zero-order valence-corrected chi connectivity index (χ0v) is 18.6. The molecule has 1 aromatic carbocycles. The third kappa shape index (κ3) is 6.20. The molecule has 0 amide bonds. The molecule has 0 radical (unpaired) electrons. The van der Waals surface area contributed by atoms with Crippen LogP contribution < -0.4 is 15.5 Å². The largest absolute Gasteiger partial charge is 0.387 e. The fourth-order valence-corrected chi connectivity index (χ4v) is 4.71. The van der Waals surface area contributed by atoms with Crippen molar-refractivity contribution in [2.24, 2.45) is 4.99 Å². The summed E-state index contributed by atoms with van der Waals surface area (Å²) in [6.07, 6.45) is 3.16. The number of aliphatic hydroxyl groups is 1. The quantitative estimate of drug-likeness (QED) is 0.337. The number of nitrogens with zero attached hydrogens (tertiary/aromatic N) is 2. The lowest BCUT2D eigenvalue weighted by Gasteiger charge is -2.35. The van der Waals surface area contributed by atoms with Gasteiger partial charge in [0.1, 0.15) is 0 Å². The number of para-hydroxylation sites is 1. The molecule has 3 N–H and O–H groups in total. The molecule has 0 saturated carbocycles. The second-order valence-electron chi connectivity index (χ2n) is 6.99. The van der Waals surface area contributed by atoms with Crippen LogP contribution in [0.3, 0.4) is 0 Å². The molecule has 0 aromatic heterocycles. The van der Waals surface area contributed by atoms with Crippen LogP contribution in [-0.2, 0) is 0 Å². The summed E-state index contributed by atoms with van der Waals surface area (Å²) >= 11 is 1.81. The Balaban J connectivity index is 0.00000243. The number of anilines is 1. The number of guanidine groups is 1. The van der Waals surface area contributed by atoms with Crippen LogP contribution in [0.2, 0.25) is 0 Å². The molecule has 5 nitrogen and oxygen atoms in total. The number of benzene rings is 1. The van der Waals surface area contributed by atoms with Gasteiger partial charge in [-0.1, -0.05) is 18.2 Å². The highest BCUT2D eigenvalue weighted by molar-refractivity contribution is 14.0. The maximum atomic E-state index is 10.5. The van der Waals surface area contributed by atoms with Crippen molar-refractivity contribution in [1.29, 1.82) is 0 Å². The first-order chi connectivity index (χ1) is 12.2. The molecule has 2 aliphatic heterocycles. The molecule has 2 fully saturated rings. The van der Waals surface area contributed by atoms with Gasteiger partial charge in [0.05, 0.1) is 12.1 Å². The lowest BCUT2D eigenvalue weighted by molar-refractivity contribution is 0.0778. The maximum Gasteiger partial charge on any atom is 0.191 e. The van der Waals surface area contributed by atoms with Crippen LogP contribution in [-0.4, -0.2) is 60.4 Å². The second-order valence-corrected chi connectivity index (χ2v) is 8.09. The van der Waals surface area contributed by atoms with E-state index in [2.05, 4.69) is 57.8 Å². The summed E-state index contributed by atoms with van der Waals surface area (Å²) in [6.45, 7) is 5.47. The van der Waals surface area contributed by atoms with E-state index in [4.69, 9.17) is 0 Å². The van der Waals surface area contributed by atoms with E-state index >= 15 is 0 Å². The summed E-state index contributed by atoms with van der Waals surface area (Å²) < 4.78 is 0. The van der Waals surface area contributed by atoms with Gasteiger partial charge in [0.25, 0.3) is 0 Å². The fourth-order valence-electron chi connectivity index (χ4n) is 3.43. The lowest BCUT2D eigenvalue weighted by Crippen LogP contribution is -2.51. The average Bonchev–Trinajstić information content (AvgIpc) is 3.08. The smallest absolute Gasteiger partial charge is 0.191 e. The maximum absolute atomic E-state index is 10.5. The first-order valence-electron chi connectivity index (χ1n) is 9.33. The summed E-state index contributed by atoms with van der Waals surface area (Å²) in [5.41, 5.74) is 0.656. The van der Waals surface area contributed by atoms with Crippen LogP contribution in [0, 0.1) is 0 Å². The van der Waals surface area contributed by atoms with Crippen LogP contribution >= 0.6 is 35.7 Å². The highest BCUT2D eigenvalue weighted by Gasteiger charge is 2.31. The number of piperidine rings is 1. The van der Waals surface area contributed by atoms with Crippen molar-refractivity contribution in [1.82, 2.24) is 10.6 Å². The van der Waals surface area contributed by atoms with E-state index in [9.17, 15) is 5.11 Å². The Morgan fingerprint density at radius 1 is 1.38 bits per heavy atom. The Labute approximate surface area is 178 Å². The predicted molar refractivity (Wildman–Crippen MR) is 123 cm³/mol. The third-order valence-electron chi connectivity index (χ3n) is 4.84. The molecular formula is C19H31IN4OS. The van der Waals surface area contributed by atoms with Crippen molar-refractivity contribution in [2.45, 2.75) is 37.8 Å². The van der Waals surface area contributed by atoms with E-state index in [-0.39, 0.29) is 24.0 Å². The number of rotatable bonds is 5. The van der Waals surface area contributed by atoms with Crippen LogP contribution in [0.1, 0.15) is 26.2 Å². The molecular weight excluding hydrogens is 459 g/mol. The number of hydrogen-bond acceptors (Lipinski definition) is 4. The molecule has 0 bridgehead atoms. The van der Waals surface area contributed by atoms with Crippen molar-refractivity contribution in [3.8, 4) is 0 Å². The molecule has 2 unspecified atom stereocenters. The third-order valence-corrected chi connectivity index (χ3v) is 6.08. The van der Waals surface area contributed by atoms with Gasteiger partial charge in [0, 0.05) is 37.1 Å². The average molecular weight is 490 g/mol. The molecule has 0 aliphatic carbocycles.